The monoisotopic (exact) mass is 310 g/mol. The molecule has 0 saturated carbocycles. The molecule has 2 rings (SSSR count). The van der Waals surface area contributed by atoms with Crippen molar-refractivity contribution in [3.8, 4) is 6.07 Å². The van der Waals surface area contributed by atoms with Gasteiger partial charge in [-0.15, -0.1) is 0 Å². The number of rotatable bonds is 6. The Morgan fingerprint density at radius 3 is 3.00 bits per heavy atom. The van der Waals surface area contributed by atoms with E-state index in [1.807, 2.05) is 17.8 Å². The van der Waals surface area contributed by atoms with Gasteiger partial charge in [0.1, 0.15) is 0 Å². The maximum atomic E-state index is 12.1. The first-order valence-corrected chi connectivity index (χ1v) is 9.44. The fraction of sp³-hybridized carbons (Fsp3) is 0.500. The van der Waals surface area contributed by atoms with Crippen molar-refractivity contribution >= 4 is 21.6 Å². The predicted molar refractivity (Wildman–Crippen MR) is 81.5 cm³/mol. The Bertz CT molecular complexity index is 587. The van der Waals surface area contributed by atoms with E-state index >= 15 is 0 Å². The number of benzene rings is 1. The number of sulfone groups is 1. The molecule has 1 unspecified atom stereocenters. The minimum absolute atomic E-state index is 0.0712. The zero-order chi connectivity index (χ0) is 14.4. The molecule has 108 valence electrons. The summed E-state index contributed by atoms with van der Waals surface area (Å²) >= 11 is 1.96. The average Bonchev–Trinajstić information content (AvgIpc) is 2.97. The van der Waals surface area contributed by atoms with Crippen LogP contribution in [0, 0.1) is 17.2 Å². The number of nitriles is 1. The Kier molecular flexibility index (Phi) is 5.46. The van der Waals surface area contributed by atoms with Gasteiger partial charge in [0.05, 0.1) is 22.3 Å². The van der Waals surface area contributed by atoms with Crippen LogP contribution in [0.1, 0.15) is 12.0 Å². The van der Waals surface area contributed by atoms with Crippen molar-refractivity contribution in [3.05, 3.63) is 29.8 Å². The van der Waals surface area contributed by atoms with Gasteiger partial charge in [-0.05, 0) is 48.6 Å². The van der Waals surface area contributed by atoms with Gasteiger partial charge in [-0.3, -0.25) is 0 Å². The van der Waals surface area contributed by atoms with Crippen molar-refractivity contribution in [2.75, 3.05) is 30.3 Å². The molecule has 0 bridgehead atoms. The van der Waals surface area contributed by atoms with Gasteiger partial charge in [0.25, 0.3) is 0 Å². The molecule has 1 heterocycles. The van der Waals surface area contributed by atoms with Gasteiger partial charge in [-0.1, -0.05) is 6.07 Å². The Morgan fingerprint density at radius 1 is 1.45 bits per heavy atom. The lowest BCUT2D eigenvalue weighted by Crippen LogP contribution is -2.28. The zero-order valence-corrected chi connectivity index (χ0v) is 12.8. The van der Waals surface area contributed by atoms with Gasteiger partial charge in [0.15, 0.2) is 9.84 Å². The maximum absolute atomic E-state index is 12.1. The molecular weight excluding hydrogens is 292 g/mol. The van der Waals surface area contributed by atoms with Crippen LogP contribution >= 0.6 is 11.8 Å². The lowest BCUT2D eigenvalue weighted by molar-refractivity contribution is 0.531. The molecule has 1 N–H and O–H groups in total. The normalized spacial score (nSPS) is 18.9. The van der Waals surface area contributed by atoms with Crippen LogP contribution in [-0.4, -0.2) is 38.8 Å². The summed E-state index contributed by atoms with van der Waals surface area (Å²) in [7, 11) is -3.31. The molecule has 1 aliphatic rings. The summed E-state index contributed by atoms with van der Waals surface area (Å²) in [5.74, 6) is 3.13. The Hall–Kier alpha value is -1.03. The highest BCUT2D eigenvalue weighted by molar-refractivity contribution is 7.99. The van der Waals surface area contributed by atoms with Crippen molar-refractivity contribution < 1.29 is 8.42 Å². The summed E-state index contributed by atoms with van der Waals surface area (Å²) in [6.07, 6.45) is 1.22. The van der Waals surface area contributed by atoms with E-state index in [2.05, 4.69) is 5.32 Å². The number of nitrogens with one attached hydrogen (secondary N) is 1. The summed E-state index contributed by atoms with van der Waals surface area (Å²) in [6, 6.07) is 8.15. The van der Waals surface area contributed by atoms with Crippen LogP contribution in [0.25, 0.3) is 0 Å². The lowest BCUT2D eigenvalue weighted by atomic mass is 10.1. The van der Waals surface area contributed by atoms with E-state index in [0.29, 0.717) is 18.0 Å². The van der Waals surface area contributed by atoms with Crippen LogP contribution in [0.15, 0.2) is 29.2 Å². The van der Waals surface area contributed by atoms with Crippen LogP contribution in [0.4, 0.5) is 0 Å². The molecule has 1 aromatic carbocycles. The predicted octanol–water partition coefficient (Wildman–Crippen LogP) is 1.67. The molecule has 1 saturated heterocycles. The van der Waals surface area contributed by atoms with Gasteiger partial charge in [-0.25, -0.2) is 8.42 Å². The molecule has 0 aliphatic carbocycles. The van der Waals surface area contributed by atoms with Gasteiger partial charge in [0, 0.05) is 6.54 Å². The maximum Gasteiger partial charge on any atom is 0.179 e. The third-order valence-corrected chi connectivity index (χ3v) is 6.27. The Morgan fingerprint density at radius 2 is 2.30 bits per heavy atom. The summed E-state index contributed by atoms with van der Waals surface area (Å²) in [5.41, 5.74) is 0.377. The van der Waals surface area contributed by atoms with E-state index in [1.165, 1.54) is 24.0 Å². The highest BCUT2D eigenvalue weighted by Gasteiger charge is 2.17. The third-order valence-electron chi connectivity index (χ3n) is 3.33. The molecule has 0 spiro atoms. The molecule has 4 nitrogen and oxygen atoms in total. The molecule has 20 heavy (non-hydrogen) atoms. The Balaban J connectivity index is 1.85. The smallest absolute Gasteiger partial charge is 0.179 e. The first-order chi connectivity index (χ1) is 9.62. The van der Waals surface area contributed by atoms with Crippen LogP contribution in [0.2, 0.25) is 0 Å². The Labute approximate surface area is 124 Å². The van der Waals surface area contributed by atoms with Crippen molar-refractivity contribution in [2.45, 2.75) is 11.3 Å². The van der Waals surface area contributed by atoms with Crippen molar-refractivity contribution in [1.82, 2.24) is 5.32 Å². The second-order valence-corrected chi connectivity index (χ2v) is 8.15. The van der Waals surface area contributed by atoms with Crippen LogP contribution in [-0.2, 0) is 9.84 Å². The van der Waals surface area contributed by atoms with E-state index in [4.69, 9.17) is 5.26 Å². The number of thioether (sulfide) groups is 1. The molecule has 1 aliphatic heterocycles. The molecular formula is C14H18N2O2S2. The second-order valence-electron chi connectivity index (χ2n) is 4.89. The second kappa shape index (κ2) is 7.11. The van der Waals surface area contributed by atoms with Crippen LogP contribution in [0.5, 0.6) is 0 Å². The van der Waals surface area contributed by atoms with Crippen LogP contribution in [0.3, 0.4) is 0 Å². The summed E-state index contributed by atoms with van der Waals surface area (Å²) in [5, 5.41) is 12.0. The van der Waals surface area contributed by atoms with Gasteiger partial charge < -0.3 is 5.32 Å². The van der Waals surface area contributed by atoms with Gasteiger partial charge >= 0.3 is 0 Å². The van der Waals surface area contributed by atoms with E-state index in [9.17, 15) is 8.42 Å². The van der Waals surface area contributed by atoms with Gasteiger partial charge in [0.2, 0.25) is 0 Å². The first-order valence-electron chi connectivity index (χ1n) is 6.63. The average molecular weight is 310 g/mol. The fourth-order valence-electron chi connectivity index (χ4n) is 2.13. The van der Waals surface area contributed by atoms with E-state index in [0.717, 1.165) is 6.54 Å². The molecule has 1 atom stereocenters. The quantitative estimate of drug-likeness (QED) is 0.810. The minimum atomic E-state index is -3.31. The van der Waals surface area contributed by atoms with Crippen molar-refractivity contribution in [1.29, 1.82) is 5.26 Å². The minimum Gasteiger partial charge on any atom is -0.315 e. The lowest BCUT2D eigenvalue weighted by Gasteiger charge is -2.10. The third kappa shape index (κ3) is 4.23. The topological polar surface area (TPSA) is 70.0 Å². The highest BCUT2D eigenvalue weighted by Crippen LogP contribution is 2.22. The summed E-state index contributed by atoms with van der Waals surface area (Å²) in [4.78, 5) is 0.231. The van der Waals surface area contributed by atoms with E-state index in [1.54, 1.807) is 18.2 Å². The van der Waals surface area contributed by atoms with E-state index in [-0.39, 0.29) is 10.6 Å². The number of hydrogen-bond acceptors (Lipinski definition) is 5. The standard InChI is InChI=1S/C14H18N2O2S2/c15-9-12-2-1-3-14(8-12)20(17,18)7-5-16-10-13-4-6-19-11-13/h1-3,8,13,16H,4-7,10-11H2. The molecule has 0 amide bonds. The van der Waals surface area contributed by atoms with Crippen LogP contribution < -0.4 is 5.32 Å². The summed E-state index contributed by atoms with van der Waals surface area (Å²) < 4.78 is 24.3. The molecule has 0 radical (unpaired) electrons. The fourth-order valence-corrected chi connectivity index (χ4v) is 4.66. The molecule has 6 heteroatoms. The SMILES string of the molecule is N#Cc1cccc(S(=O)(=O)CCNCC2CCSC2)c1. The van der Waals surface area contributed by atoms with E-state index < -0.39 is 9.84 Å². The zero-order valence-electron chi connectivity index (χ0n) is 11.2. The molecule has 0 aromatic heterocycles. The molecule has 1 fully saturated rings. The van der Waals surface area contributed by atoms with Gasteiger partial charge in [-0.2, -0.15) is 17.0 Å². The first kappa shape index (κ1) is 15.4. The number of hydrogen-bond donors (Lipinski definition) is 1. The highest BCUT2D eigenvalue weighted by atomic mass is 32.2. The summed E-state index contributed by atoms with van der Waals surface area (Å²) in [6.45, 7) is 1.35. The number of nitrogens with zero attached hydrogens (tertiary/aromatic N) is 1. The molecule has 1 aromatic rings. The largest absolute Gasteiger partial charge is 0.315 e. The van der Waals surface area contributed by atoms with Crippen molar-refractivity contribution in [2.24, 2.45) is 5.92 Å². The van der Waals surface area contributed by atoms with Crippen molar-refractivity contribution in [3.63, 3.8) is 0 Å².